The maximum absolute atomic E-state index is 11.8. The predicted octanol–water partition coefficient (Wildman–Crippen LogP) is 1.36. The molecule has 0 atom stereocenters. The van der Waals surface area contributed by atoms with Crippen LogP contribution >= 0.6 is 0 Å². The molecule has 0 spiro atoms. The number of carbonyl (C=O) groups excluding carboxylic acids is 1. The highest BCUT2D eigenvalue weighted by molar-refractivity contribution is 6.00. The Morgan fingerprint density at radius 1 is 1.43 bits per heavy atom. The lowest BCUT2D eigenvalue weighted by Gasteiger charge is -2.13. The fourth-order valence-electron chi connectivity index (χ4n) is 1.76. The number of anilines is 1. The van der Waals surface area contributed by atoms with Crippen LogP contribution in [0.4, 0.5) is 5.69 Å². The van der Waals surface area contributed by atoms with Crippen LogP contribution < -0.4 is 5.32 Å². The van der Waals surface area contributed by atoms with E-state index in [1.807, 2.05) is 12.1 Å². The zero-order chi connectivity index (χ0) is 10.1. The van der Waals surface area contributed by atoms with Crippen molar-refractivity contribution in [2.45, 2.75) is 6.42 Å². The Balaban J connectivity index is 2.44. The zero-order valence-electron chi connectivity index (χ0n) is 8.50. The molecule has 0 unspecified atom stereocenters. The van der Waals surface area contributed by atoms with Crippen molar-refractivity contribution in [2.75, 3.05) is 26.0 Å². The Morgan fingerprint density at radius 2 is 2.21 bits per heavy atom. The van der Waals surface area contributed by atoms with Crippen molar-refractivity contribution in [3.05, 3.63) is 29.3 Å². The molecule has 14 heavy (non-hydrogen) atoms. The zero-order valence-corrected chi connectivity index (χ0v) is 8.50. The molecule has 1 heterocycles. The number of nitrogens with zero attached hydrogens (tertiary/aromatic N) is 1. The normalized spacial score (nSPS) is 13.3. The SMILES string of the molecule is CN(C)C(=O)c1cccc2c1NCC2. The molecule has 1 aromatic carbocycles. The number of fused-ring (bicyclic) bond motifs is 1. The van der Waals surface area contributed by atoms with Crippen LogP contribution in [0.5, 0.6) is 0 Å². The minimum Gasteiger partial charge on any atom is -0.384 e. The summed E-state index contributed by atoms with van der Waals surface area (Å²) < 4.78 is 0. The lowest BCUT2D eigenvalue weighted by molar-refractivity contribution is 0.0828. The monoisotopic (exact) mass is 190 g/mol. The Hall–Kier alpha value is -1.51. The molecule has 0 fully saturated rings. The first kappa shape index (κ1) is 9.06. The summed E-state index contributed by atoms with van der Waals surface area (Å²) in [7, 11) is 3.55. The smallest absolute Gasteiger partial charge is 0.255 e. The number of amides is 1. The van der Waals surface area contributed by atoms with E-state index in [9.17, 15) is 4.79 Å². The first-order valence-electron chi connectivity index (χ1n) is 4.77. The molecule has 0 bridgehead atoms. The molecule has 0 saturated carbocycles. The van der Waals surface area contributed by atoms with Gasteiger partial charge in [-0.25, -0.2) is 0 Å². The number of hydrogen-bond donors (Lipinski definition) is 1. The molecule has 74 valence electrons. The third kappa shape index (κ3) is 1.35. The minimum atomic E-state index is 0.0660. The Labute approximate surface area is 83.7 Å². The van der Waals surface area contributed by atoms with Crippen molar-refractivity contribution in [1.29, 1.82) is 0 Å². The van der Waals surface area contributed by atoms with Gasteiger partial charge in [-0.1, -0.05) is 12.1 Å². The maximum Gasteiger partial charge on any atom is 0.255 e. The molecular weight excluding hydrogens is 176 g/mol. The Morgan fingerprint density at radius 3 is 2.93 bits per heavy atom. The molecule has 1 amide bonds. The third-order valence-electron chi connectivity index (χ3n) is 2.48. The topological polar surface area (TPSA) is 32.3 Å². The van der Waals surface area contributed by atoms with E-state index in [1.165, 1.54) is 5.56 Å². The number of nitrogens with one attached hydrogen (secondary N) is 1. The second-order valence-corrected chi connectivity index (χ2v) is 3.72. The van der Waals surface area contributed by atoms with Gasteiger partial charge >= 0.3 is 0 Å². The Bertz CT molecular complexity index is 372. The van der Waals surface area contributed by atoms with E-state index in [2.05, 4.69) is 11.4 Å². The van der Waals surface area contributed by atoms with E-state index < -0.39 is 0 Å². The molecule has 3 nitrogen and oxygen atoms in total. The number of benzene rings is 1. The van der Waals surface area contributed by atoms with Crippen LogP contribution in [-0.2, 0) is 6.42 Å². The molecule has 1 aliphatic rings. The van der Waals surface area contributed by atoms with Crippen LogP contribution in [0.25, 0.3) is 0 Å². The van der Waals surface area contributed by atoms with Gasteiger partial charge in [0.2, 0.25) is 0 Å². The number of para-hydroxylation sites is 1. The van der Waals surface area contributed by atoms with Crippen molar-refractivity contribution in [2.24, 2.45) is 0 Å². The van der Waals surface area contributed by atoms with Gasteiger partial charge in [-0.2, -0.15) is 0 Å². The average molecular weight is 190 g/mol. The highest BCUT2D eigenvalue weighted by Gasteiger charge is 2.18. The maximum atomic E-state index is 11.8. The van der Waals surface area contributed by atoms with Crippen molar-refractivity contribution in [3.63, 3.8) is 0 Å². The third-order valence-corrected chi connectivity index (χ3v) is 2.48. The van der Waals surface area contributed by atoms with Crippen molar-refractivity contribution in [1.82, 2.24) is 4.90 Å². The van der Waals surface area contributed by atoms with Crippen LogP contribution in [0.3, 0.4) is 0 Å². The summed E-state index contributed by atoms with van der Waals surface area (Å²) in [5.74, 6) is 0.0660. The molecule has 0 aromatic heterocycles. The van der Waals surface area contributed by atoms with Crippen LogP contribution in [0.1, 0.15) is 15.9 Å². The van der Waals surface area contributed by atoms with E-state index in [-0.39, 0.29) is 5.91 Å². The standard InChI is InChI=1S/C11H14N2O/c1-13(2)11(14)9-5-3-4-8-6-7-12-10(8)9/h3-5,12H,6-7H2,1-2H3. The first-order valence-corrected chi connectivity index (χ1v) is 4.77. The van der Waals surface area contributed by atoms with Gasteiger partial charge < -0.3 is 10.2 Å². The fourth-order valence-corrected chi connectivity index (χ4v) is 1.76. The largest absolute Gasteiger partial charge is 0.384 e. The first-order chi connectivity index (χ1) is 6.70. The summed E-state index contributed by atoms with van der Waals surface area (Å²) in [5.41, 5.74) is 3.05. The van der Waals surface area contributed by atoms with Gasteiger partial charge in [-0.05, 0) is 18.1 Å². The van der Waals surface area contributed by atoms with Crippen LogP contribution in [0, 0.1) is 0 Å². The van der Waals surface area contributed by atoms with Crippen molar-refractivity contribution < 1.29 is 4.79 Å². The molecular formula is C11H14N2O. The van der Waals surface area contributed by atoms with Gasteiger partial charge in [0.1, 0.15) is 0 Å². The molecule has 2 rings (SSSR count). The molecule has 1 N–H and O–H groups in total. The van der Waals surface area contributed by atoms with E-state index in [1.54, 1.807) is 19.0 Å². The van der Waals surface area contributed by atoms with Gasteiger partial charge in [0.25, 0.3) is 5.91 Å². The Kier molecular flexibility index (Phi) is 2.15. The van der Waals surface area contributed by atoms with Crippen LogP contribution in [0.15, 0.2) is 18.2 Å². The second-order valence-electron chi connectivity index (χ2n) is 3.72. The van der Waals surface area contributed by atoms with Crippen LogP contribution in [0.2, 0.25) is 0 Å². The number of rotatable bonds is 1. The summed E-state index contributed by atoms with van der Waals surface area (Å²) in [6, 6.07) is 5.89. The number of hydrogen-bond acceptors (Lipinski definition) is 2. The predicted molar refractivity (Wildman–Crippen MR) is 56.7 cm³/mol. The van der Waals surface area contributed by atoms with Gasteiger partial charge in [0.05, 0.1) is 11.3 Å². The van der Waals surface area contributed by atoms with Gasteiger partial charge in [0, 0.05) is 20.6 Å². The second kappa shape index (κ2) is 3.33. The van der Waals surface area contributed by atoms with E-state index in [0.717, 1.165) is 24.2 Å². The molecule has 0 aliphatic carbocycles. The summed E-state index contributed by atoms with van der Waals surface area (Å²) in [6.07, 6.45) is 1.02. The summed E-state index contributed by atoms with van der Waals surface area (Å²) in [6.45, 7) is 0.938. The lowest BCUT2D eigenvalue weighted by atomic mass is 10.1. The van der Waals surface area contributed by atoms with Crippen molar-refractivity contribution in [3.8, 4) is 0 Å². The van der Waals surface area contributed by atoms with E-state index >= 15 is 0 Å². The highest BCUT2D eigenvalue weighted by Crippen LogP contribution is 2.26. The summed E-state index contributed by atoms with van der Waals surface area (Å²) in [4.78, 5) is 13.4. The average Bonchev–Trinajstić information content (AvgIpc) is 2.63. The quantitative estimate of drug-likeness (QED) is 0.725. The van der Waals surface area contributed by atoms with Crippen LogP contribution in [-0.4, -0.2) is 31.4 Å². The summed E-state index contributed by atoms with van der Waals surface area (Å²) in [5, 5.41) is 3.26. The van der Waals surface area contributed by atoms with Gasteiger partial charge in [0.15, 0.2) is 0 Å². The minimum absolute atomic E-state index is 0.0660. The lowest BCUT2D eigenvalue weighted by Crippen LogP contribution is -2.22. The molecule has 0 saturated heterocycles. The van der Waals surface area contributed by atoms with E-state index in [4.69, 9.17) is 0 Å². The fraction of sp³-hybridized carbons (Fsp3) is 0.364. The molecule has 0 radical (unpaired) electrons. The molecule has 1 aliphatic heterocycles. The number of carbonyl (C=O) groups is 1. The highest BCUT2D eigenvalue weighted by atomic mass is 16.2. The molecule has 3 heteroatoms. The van der Waals surface area contributed by atoms with Gasteiger partial charge in [-0.3, -0.25) is 4.79 Å². The van der Waals surface area contributed by atoms with E-state index in [0.29, 0.717) is 0 Å². The van der Waals surface area contributed by atoms with Gasteiger partial charge in [-0.15, -0.1) is 0 Å². The van der Waals surface area contributed by atoms with Crippen molar-refractivity contribution >= 4 is 11.6 Å². The summed E-state index contributed by atoms with van der Waals surface area (Å²) >= 11 is 0. The molecule has 1 aromatic rings.